The van der Waals surface area contributed by atoms with Crippen LogP contribution in [0.25, 0.3) is 0 Å². The van der Waals surface area contributed by atoms with Gasteiger partial charge in [0.05, 0.1) is 23.2 Å². The van der Waals surface area contributed by atoms with E-state index in [4.69, 9.17) is 0 Å². The fourth-order valence-corrected chi connectivity index (χ4v) is 2.63. The zero-order valence-electron chi connectivity index (χ0n) is 12.0. The largest absolute Gasteiger partial charge is 0.418 e. The summed E-state index contributed by atoms with van der Waals surface area (Å²) in [5.41, 5.74) is 4.52. The number of hydrazone groups is 1. The van der Waals surface area contributed by atoms with Crippen LogP contribution in [0.1, 0.15) is 29.7 Å². The number of halogens is 3. The molecular weight excluding hydrogens is 293 g/mol. The van der Waals surface area contributed by atoms with Crippen LogP contribution in [0.4, 0.5) is 18.9 Å². The molecule has 0 aliphatic heterocycles. The van der Waals surface area contributed by atoms with Crippen molar-refractivity contribution in [3.05, 3.63) is 47.3 Å². The molecule has 1 aliphatic rings. The van der Waals surface area contributed by atoms with Crippen molar-refractivity contribution in [2.45, 2.75) is 25.4 Å². The van der Waals surface area contributed by atoms with Crippen LogP contribution in [0.3, 0.4) is 0 Å². The molecule has 1 heterocycles. The van der Waals surface area contributed by atoms with Crippen LogP contribution in [-0.4, -0.2) is 15.5 Å². The van der Waals surface area contributed by atoms with Gasteiger partial charge >= 0.3 is 6.18 Å². The molecule has 0 spiro atoms. The van der Waals surface area contributed by atoms with Gasteiger partial charge in [0.25, 0.3) is 0 Å². The van der Waals surface area contributed by atoms with Crippen molar-refractivity contribution >= 4 is 11.4 Å². The predicted octanol–water partition coefficient (Wildman–Crippen LogP) is 3.59. The Morgan fingerprint density at radius 3 is 2.77 bits per heavy atom. The lowest BCUT2D eigenvalue weighted by Gasteiger charge is -2.16. The molecule has 0 bridgehead atoms. The van der Waals surface area contributed by atoms with E-state index in [0.29, 0.717) is 0 Å². The van der Waals surface area contributed by atoms with Gasteiger partial charge in [-0.25, -0.2) is 0 Å². The van der Waals surface area contributed by atoms with Crippen LogP contribution in [0.2, 0.25) is 0 Å². The van der Waals surface area contributed by atoms with E-state index in [0.717, 1.165) is 42.3 Å². The summed E-state index contributed by atoms with van der Waals surface area (Å²) in [5, 5.41) is 8.38. The quantitative estimate of drug-likeness (QED) is 0.862. The van der Waals surface area contributed by atoms with Crippen molar-refractivity contribution in [1.29, 1.82) is 0 Å². The molecule has 2 aromatic rings. The van der Waals surface area contributed by atoms with Crippen molar-refractivity contribution in [2.75, 3.05) is 5.43 Å². The van der Waals surface area contributed by atoms with Crippen molar-refractivity contribution < 1.29 is 13.2 Å². The fraction of sp³-hybridized carbons (Fsp3) is 0.333. The molecule has 1 N–H and O–H groups in total. The lowest BCUT2D eigenvalue weighted by Crippen LogP contribution is -2.15. The van der Waals surface area contributed by atoms with Crippen LogP contribution in [0, 0.1) is 0 Å². The smallest absolute Gasteiger partial charge is 0.278 e. The number of fused-ring (bicyclic) bond motifs is 1. The van der Waals surface area contributed by atoms with E-state index in [1.165, 1.54) is 12.1 Å². The zero-order chi connectivity index (χ0) is 15.7. The van der Waals surface area contributed by atoms with Gasteiger partial charge in [0.2, 0.25) is 0 Å². The summed E-state index contributed by atoms with van der Waals surface area (Å²) in [7, 11) is 1.86. The Hall–Kier alpha value is -2.31. The van der Waals surface area contributed by atoms with Crippen molar-refractivity contribution in [2.24, 2.45) is 12.1 Å². The Morgan fingerprint density at radius 2 is 2.00 bits per heavy atom. The van der Waals surface area contributed by atoms with Crippen molar-refractivity contribution in [1.82, 2.24) is 9.78 Å². The molecule has 0 saturated heterocycles. The monoisotopic (exact) mass is 308 g/mol. The van der Waals surface area contributed by atoms with Gasteiger partial charge in [-0.05, 0) is 31.4 Å². The van der Waals surface area contributed by atoms with E-state index in [1.807, 2.05) is 7.05 Å². The normalized spacial score (nSPS) is 16.6. The van der Waals surface area contributed by atoms with Gasteiger partial charge in [-0.3, -0.25) is 10.1 Å². The van der Waals surface area contributed by atoms with Crippen molar-refractivity contribution in [3.8, 4) is 0 Å². The van der Waals surface area contributed by atoms with Gasteiger partial charge in [-0.1, -0.05) is 12.1 Å². The first-order valence-corrected chi connectivity index (χ1v) is 6.97. The molecule has 1 aromatic carbocycles. The highest BCUT2D eigenvalue weighted by Gasteiger charge is 2.33. The summed E-state index contributed by atoms with van der Waals surface area (Å²) in [5.74, 6) is 0. The molecule has 0 amide bonds. The number of nitrogens with one attached hydrogen (secondary N) is 1. The summed E-state index contributed by atoms with van der Waals surface area (Å²) in [6.45, 7) is 0. The SMILES string of the molecule is Cn1ncc2c1CCC/C2=N/Nc1ccccc1C(F)(F)F. The topological polar surface area (TPSA) is 42.2 Å². The third kappa shape index (κ3) is 2.70. The van der Waals surface area contributed by atoms with E-state index >= 15 is 0 Å². The number of hydrogen-bond donors (Lipinski definition) is 1. The lowest BCUT2D eigenvalue weighted by atomic mass is 9.96. The number of rotatable bonds is 2. The summed E-state index contributed by atoms with van der Waals surface area (Å²) >= 11 is 0. The van der Waals surface area contributed by atoms with Crippen LogP contribution in [0.15, 0.2) is 35.6 Å². The first kappa shape index (κ1) is 14.6. The minimum atomic E-state index is -4.41. The first-order valence-electron chi connectivity index (χ1n) is 6.97. The highest BCUT2D eigenvalue weighted by Crippen LogP contribution is 2.34. The number of hydrogen-bond acceptors (Lipinski definition) is 3. The zero-order valence-corrected chi connectivity index (χ0v) is 12.0. The third-order valence-electron chi connectivity index (χ3n) is 3.74. The molecule has 1 aromatic heterocycles. The maximum absolute atomic E-state index is 13.0. The second-order valence-electron chi connectivity index (χ2n) is 5.20. The van der Waals surface area contributed by atoms with Crippen LogP contribution >= 0.6 is 0 Å². The number of aromatic nitrogens is 2. The number of nitrogens with zero attached hydrogens (tertiary/aromatic N) is 3. The number of benzene rings is 1. The van der Waals surface area contributed by atoms with E-state index in [9.17, 15) is 13.2 Å². The summed E-state index contributed by atoms with van der Waals surface area (Å²) in [6.07, 6.45) is -0.154. The molecule has 4 nitrogen and oxygen atoms in total. The van der Waals surface area contributed by atoms with Crippen LogP contribution in [-0.2, 0) is 19.6 Å². The van der Waals surface area contributed by atoms with Gasteiger partial charge < -0.3 is 0 Å². The molecular formula is C15H15F3N4. The minimum Gasteiger partial charge on any atom is -0.278 e. The van der Waals surface area contributed by atoms with Gasteiger partial charge in [0.1, 0.15) is 0 Å². The predicted molar refractivity (Wildman–Crippen MR) is 77.7 cm³/mol. The van der Waals surface area contributed by atoms with E-state index < -0.39 is 11.7 Å². The molecule has 0 atom stereocenters. The second kappa shape index (κ2) is 5.47. The molecule has 1 aliphatic carbocycles. The molecule has 22 heavy (non-hydrogen) atoms. The molecule has 116 valence electrons. The average molecular weight is 308 g/mol. The number of para-hydroxylation sites is 1. The summed E-state index contributed by atoms with van der Waals surface area (Å²) in [4.78, 5) is 0. The molecule has 3 rings (SSSR count). The van der Waals surface area contributed by atoms with Crippen LogP contribution in [0.5, 0.6) is 0 Å². The minimum absolute atomic E-state index is 0.0430. The Bertz CT molecular complexity index is 716. The van der Waals surface area contributed by atoms with E-state index in [1.54, 1.807) is 16.9 Å². The van der Waals surface area contributed by atoms with Crippen molar-refractivity contribution in [3.63, 3.8) is 0 Å². The van der Waals surface area contributed by atoms with Crippen LogP contribution < -0.4 is 5.43 Å². The number of aryl methyl sites for hydroxylation is 1. The Labute approximate surface area is 125 Å². The Morgan fingerprint density at radius 1 is 1.23 bits per heavy atom. The van der Waals surface area contributed by atoms with Gasteiger partial charge in [0, 0.05) is 18.3 Å². The summed E-state index contributed by atoms with van der Waals surface area (Å²) < 4.78 is 40.6. The standard InChI is InChI=1S/C15H15F3N4/c1-22-14-8-4-7-12(10(14)9-19-22)20-21-13-6-3-2-5-11(13)15(16,17)18/h2-3,5-6,9,21H,4,7-8H2,1H3/b20-12-. The Balaban J connectivity index is 1.90. The molecule has 7 heteroatoms. The molecule has 0 unspecified atom stereocenters. The third-order valence-corrected chi connectivity index (χ3v) is 3.74. The first-order chi connectivity index (χ1) is 10.5. The second-order valence-corrected chi connectivity index (χ2v) is 5.20. The average Bonchev–Trinajstić information content (AvgIpc) is 2.87. The molecule has 0 saturated carbocycles. The van der Waals surface area contributed by atoms with E-state index in [2.05, 4.69) is 15.6 Å². The fourth-order valence-electron chi connectivity index (χ4n) is 2.63. The highest BCUT2D eigenvalue weighted by molar-refractivity contribution is 6.02. The number of alkyl halides is 3. The van der Waals surface area contributed by atoms with Gasteiger partial charge in [0.15, 0.2) is 0 Å². The Kier molecular flexibility index (Phi) is 3.64. The highest BCUT2D eigenvalue weighted by atomic mass is 19.4. The molecule has 0 radical (unpaired) electrons. The molecule has 0 fully saturated rings. The number of anilines is 1. The maximum Gasteiger partial charge on any atom is 0.418 e. The van der Waals surface area contributed by atoms with Gasteiger partial charge in [-0.15, -0.1) is 0 Å². The lowest BCUT2D eigenvalue weighted by molar-refractivity contribution is -0.136. The summed E-state index contributed by atoms with van der Waals surface area (Å²) in [6, 6.07) is 5.33. The van der Waals surface area contributed by atoms with E-state index in [-0.39, 0.29) is 5.69 Å². The van der Waals surface area contributed by atoms with Gasteiger partial charge in [-0.2, -0.15) is 23.4 Å². The maximum atomic E-state index is 13.0.